The van der Waals surface area contributed by atoms with E-state index in [4.69, 9.17) is 0 Å². The number of amides is 1. The van der Waals surface area contributed by atoms with Crippen LogP contribution in [0.4, 0.5) is 0 Å². The highest BCUT2D eigenvalue weighted by atomic mass is 16.1. The number of carbonyl (C=O) groups excluding carboxylic acids is 1. The van der Waals surface area contributed by atoms with Crippen molar-refractivity contribution < 1.29 is 4.79 Å². The van der Waals surface area contributed by atoms with Crippen molar-refractivity contribution in [3.63, 3.8) is 0 Å². The van der Waals surface area contributed by atoms with Crippen molar-refractivity contribution in [3.8, 4) is 0 Å². The summed E-state index contributed by atoms with van der Waals surface area (Å²) in [5.41, 5.74) is 1.54. The van der Waals surface area contributed by atoms with Gasteiger partial charge in [0.15, 0.2) is 0 Å². The number of fused-ring (bicyclic) bond motifs is 3. The van der Waals surface area contributed by atoms with E-state index in [1.807, 2.05) is 54.8 Å². The fourth-order valence-electron chi connectivity index (χ4n) is 3.17. The van der Waals surface area contributed by atoms with Crippen molar-refractivity contribution >= 4 is 27.6 Å². The van der Waals surface area contributed by atoms with Crippen LogP contribution in [0, 0.1) is 0 Å². The first-order valence-corrected chi connectivity index (χ1v) is 8.89. The molecule has 0 saturated heterocycles. The van der Waals surface area contributed by atoms with E-state index in [1.54, 1.807) is 6.07 Å². The van der Waals surface area contributed by atoms with Crippen LogP contribution in [0.2, 0.25) is 0 Å². The minimum atomic E-state index is -0.0905. The average molecular weight is 336 g/mol. The predicted molar refractivity (Wildman–Crippen MR) is 103 cm³/mol. The van der Waals surface area contributed by atoms with Crippen LogP contribution in [-0.2, 0) is 6.54 Å². The van der Waals surface area contributed by atoms with Crippen molar-refractivity contribution in [3.05, 3.63) is 58.4 Å². The minimum absolute atomic E-state index is 0.0379. The number of rotatable bonds is 5. The smallest absolute Gasteiger partial charge is 0.258 e. The van der Waals surface area contributed by atoms with Gasteiger partial charge in [0, 0.05) is 28.9 Å². The van der Waals surface area contributed by atoms with E-state index in [0.29, 0.717) is 17.5 Å². The molecule has 0 unspecified atom stereocenters. The van der Waals surface area contributed by atoms with E-state index in [0.717, 1.165) is 29.1 Å². The topological polar surface area (TPSA) is 51.1 Å². The molecule has 0 saturated carbocycles. The number of aromatic nitrogens is 1. The van der Waals surface area contributed by atoms with Crippen molar-refractivity contribution in [2.24, 2.45) is 0 Å². The number of hydrogen-bond donors (Lipinski definition) is 1. The summed E-state index contributed by atoms with van der Waals surface area (Å²) < 4.78 is 1.84. The SMILES string of the molecule is CCCCn1c(=O)c2ccccc2c2cc(C(=O)NC(C)C)ccc21. The Morgan fingerprint density at radius 3 is 2.48 bits per heavy atom. The summed E-state index contributed by atoms with van der Waals surface area (Å²) in [5.74, 6) is -0.0905. The number of carbonyl (C=O) groups is 1. The maximum atomic E-state index is 12.9. The molecule has 0 radical (unpaired) electrons. The van der Waals surface area contributed by atoms with Crippen LogP contribution in [0.5, 0.6) is 0 Å². The van der Waals surface area contributed by atoms with Gasteiger partial charge >= 0.3 is 0 Å². The third kappa shape index (κ3) is 3.29. The second kappa shape index (κ2) is 7.09. The van der Waals surface area contributed by atoms with Gasteiger partial charge in [0.05, 0.1) is 5.52 Å². The molecule has 0 spiro atoms. The van der Waals surface area contributed by atoms with Gasteiger partial charge in [-0.3, -0.25) is 9.59 Å². The minimum Gasteiger partial charge on any atom is -0.350 e. The normalized spacial score (nSPS) is 11.4. The van der Waals surface area contributed by atoms with Gasteiger partial charge in [-0.25, -0.2) is 0 Å². The van der Waals surface area contributed by atoms with E-state index >= 15 is 0 Å². The lowest BCUT2D eigenvalue weighted by Crippen LogP contribution is -2.30. The van der Waals surface area contributed by atoms with E-state index in [-0.39, 0.29) is 17.5 Å². The summed E-state index contributed by atoms with van der Waals surface area (Å²) in [7, 11) is 0. The Balaban J connectivity index is 2.27. The fourth-order valence-corrected chi connectivity index (χ4v) is 3.17. The lowest BCUT2D eigenvalue weighted by molar-refractivity contribution is 0.0943. The van der Waals surface area contributed by atoms with Crippen LogP contribution >= 0.6 is 0 Å². The monoisotopic (exact) mass is 336 g/mol. The summed E-state index contributed by atoms with van der Waals surface area (Å²) in [4.78, 5) is 25.3. The molecule has 1 amide bonds. The highest BCUT2D eigenvalue weighted by Gasteiger charge is 2.13. The van der Waals surface area contributed by atoms with E-state index in [1.165, 1.54) is 0 Å². The van der Waals surface area contributed by atoms with Crippen molar-refractivity contribution in [1.82, 2.24) is 9.88 Å². The second-order valence-corrected chi connectivity index (χ2v) is 6.72. The zero-order valence-corrected chi connectivity index (χ0v) is 15.0. The third-order valence-electron chi connectivity index (χ3n) is 4.40. The highest BCUT2D eigenvalue weighted by Crippen LogP contribution is 2.24. The van der Waals surface area contributed by atoms with E-state index in [9.17, 15) is 9.59 Å². The molecule has 25 heavy (non-hydrogen) atoms. The highest BCUT2D eigenvalue weighted by molar-refractivity contribution is 6.08. The number of pyridine rings is 1. The van der Waals surface area contributed by atoms with Crippen molar-refractivity contribution in [1.29, 1.82) is 0 Å². The van der Waals surface area contributed by atoms with Gasteiger partial charge in [-0.2, -0.15) is 0 Å². The zero-order valence-electron chi connectivity index (χ0n) is 15.0. The van der Waals surface area contributed by atoms with Gasteiger partial charge in [0.1, 0.15) is 0 Å². The molecule has 0 aliphatic carbocycles. The van der Waals surface area contributed by atoms with Gasteiger partial charge in [-0.1, -0.05) is 31.5 Å². The van der Waals surface area contributed by atoms with E-state index in [2.05, 4.69) is 12.2 Å². The zero-order chi connectivity index (χ0) is 18.0. The molecule has 3 aromatic rings. The van der Waals surface area contributed by atoms with Gasteiger partial charge in [-0.15, -0.1) is 0 Å². The second-order valence-electron chi connectivity index (χ2n) is 6.72. The molecule has 130 valence electrons. The Kier molecular flexibility index (Phi) is 4.88. The summed E-state index contributed by atoms with van der Waals surface area (Å²) in [5, 5.41) is 5.47. The Hall–Kier alpha value is -2.62. The Bertz CT molecular complexity index is 986. The molecule has 4 nitrogen and oxygen atoms in total. The van der Waals surface area contributed by atoms with Crippen LogP contribution < -0.4 is 10.9 Å². The summed E-state index contributed by atoms with van der Waals surface area (Å²) in [6.45, 7) is 6.68. The maximum absolute atomic E-state index is 12.9. The number of nitrogens with zero attached hydrogens (tertiary/aromatic N) is 1. The molecule has 0 atom stereocenters. The molecule has 2 aromatic carbocycles. The molecule has 0 fully saturated rings. The fraction of sp³-hybridized carbons (Fsp3) is 0.333. The third-order valence-corrected chi connectivity index (χ3v) is 4.40. The number of benzene rings is 2. The number of nitrogens with one attached hydrogen (secondary N) is 1. The van der Waals surface area contributed by atoms with Crippen molar-refractivity contribution in [2.75, 3.05) is 0 Å². The van der Waals surface area contributed by atoms with E-state index < -0.39 is 0 Å². The molecule has 1 heterocycles. The standard InChI is InChI=1S/C21H24N2O2/c1-4-5-12-23-19-11-10-15(20(24)22-14(2)3)13-18(19)16-8-6-7-9-17(16)21(23)25/h6-11,13-14H,4-5,12H2,1-3H3,(H,22,24). The summed E-state index contributed by atoms with van der Waals surface area (Å²) in [6.07, 6.45) is 1.97. The predicted octanol–water partition coefficient (Wildman–Crippen LogP) is 4.09. The maximum Gasteiger partial charge on any atom is 0.258 e. The van der Waals surface area contributed by atoms with Crippen LogP contribution in [0.15, 0.2) is 47.3 Å². The molecule has 1 N–H and O–H groups in total. The summed E-state index contributed by atoms with van der Waals surface area (Å²) >= 11 is 0. The molecule has 0 bridgehead atoms. The van der Waals surface area contributed by atoms with Crippen LogP contribution in [0.3, 0.4) is 0 Å². The first-order valence-electron chi connectivity index (χ1n) is 8.89. The summed E-state index contributed by atoms with van der Waals surface area (Å²) in [6, 6.07) is 13.3. The first kappa shape index (κ1) is 17.2. The van der Waals surface area contributed by atoms with Crippen LogP contribution in [-0.4, -0.2) is 16.5 Å². The molecule has 1 aromatic heterocycles. The number of hydrogen-bond acceptors (Lipinski definition) is 2. The first-order chi connectivity index (χ1) is 12.0. The molecule has 4 heteroatoms. The lowest BCUT2D eigenvalue weighted by Gasteiger charge is -2.14. The Morgan fingerprint density at radius 1 is 1.08 bits per heavy atom. The quantitative estimate of drug-likeness (QED) is 0.713. The van der Waals surface area contributed by atoms with Gasteiger partial charge in [0.25, 0.3) is 11.5 Å². The number of aryl methyl sites for hydroxylation is 1. The van der Waals surface area contributed by atoms with Crippen LogP contribution in [0.1, 0.15) is 44.0 Å². The molecular weight excluding hydrogens is 312 g/mol. The largest absolute Gasteiger partial charge is 0.350 e. The van der Waals surface area contributed by atoms with Crippen molar-refractivity contribution in [2.45, 2.75) is 46.2 Å². The molecular formula is C21H24N2O2. The molecule has 0 aliphatic heterocycles. The molecule has 0 aliphatic rings. The Labute approximate surface area is 147 Å². The lowest BCUT2D eigenvalue weighted by atomic mass is 10.0. The van der Waals surface area contributed by atoms with Gasteiger partial charge < -0.3 is 9.88 Å². The number of unbranched alkanes of at least 4 members (excludes halogenated alkanes) is 1. The van der Waals surface area contributed by atoms with Gasteiger partial charge in [-0.05, 0) is 49.9 Å². The van der Waals surface area contributed by atoms with Crippen LogP contribution in [0.25, 0.3) is 21.7 Å². The molecule has 3 rings (SSSR count). The Morgan fingerprint density at radius 2 is 1.80 bits per heavy atom. The van der Waals surface area contributed by atoms with Gasteiger partial charge in [0.2, 0.25) is 0 Å². The average Bonchev–Trinajstić information content (AvgIpc) is 2.61.